The SMILES string of the molecule is COc1cccc(CCC(=O)Nc2ccc3[nH]c(=O)[nH]c3c2)c1OC. The molecule has 0 unspecified atom stereocenters. The summed E-state index contributed by atoms with van der Waals surface area (Å²) in [7, 11) is 3.16. The molecule has 0 aliphatic rings. The van der Waals surface area contributed by atoms with E-state index in [0.717, 1.165) is 5.56 Å². The summed E-state index contributed by atoms with van der Waals surface area (Å²) in [4.78, 5) is 28.8. The van der Waals surface area contributed by atoms with Gasteiger partial charge in [-0.3, -0.25) is 4.79 Å². The average molecular weight is 341 g/mol. The van der Waals surface area contributed by atoms with Crippen molar-refractivity contribution in [3.63, 3.8) is 0 Å². The predicted molar refractivity (Wildman–Crippen MR) is 95.4 cm³/mol. The van der Waals surface area contributed by atoms with E-state index in [1.807, 2.05) is 18.2 Å². The summed E-state index contributed by atoms with van der Waals surface area (Å²) in [6.07, 6.45) is 0.820. The van der Waals surface area contributed by atoms with Gasteiger partial charge in [-0.2, -0.15) is 0 Å². The summed E-state index contributed by atoms with van der Waals surface area (Å²) in [5.74, 6) is 1.16. The zero-order valence-corrected chi connectivity index (χ0v) is 14.0. The predicted octanol–water partition coefficient (Wildman–Crippen LogP) is 2.44. The first-order chi connectivity index (χ1) is 12.1. The Kier molecular flexibility index (Phi) is 4.74. The monoisotopic (exact) mass is 341 g/mol. The van der Waals surface area contributed by atoms with Gasteiger partial charge in [-0.05, 0) is 36.2 Å². The van der Waals surface area contributed by atoms with Crippen molar-refractivity contribution in [3.8, 4) is 11.5 Å². The van der Waals surface area contributed by atoms with Crippen molar-refractivity contribution in [3.05, 3.63) is 52.4 Å². The molecular weight excluding hydrogens is 322 g/mol. The van der Waals surface area contributed by atoms with Gasteiger partial charge in [0, 0.05) is 12.1 Å². The number of hydrogen-bond donors (Lipinski definition) is 3. The Labute approximate surface area is 144 Å². The van der Waals surface area contributed by atoms with E-state index in [9.17, 15) is 9.59 Å². The van der Waals surface area contributed by atoms with Crippen LogP contribution in [-0.4, -0.2) is 30.1 Å². The van der Waals surface area contributed by atoms with E-state index >= 15 is 0 Å². The Morgan fingerprint density at radius 2 is 1.88 bits per heavy atom. The number of imidazole rings is 1. The second-order valence-corrected chi connectivity index (χ2v) is 5.54. The molecule has 25 heavy (non-hydrogen) atoms. The number of para-hydroxylation sites is 1. The van der Waals surface area contributed by atoms with Gasteiger partial charge < -0.3 is 24.8 Å². The minimum absolute atomic E-state index is 0.123. The van der Waals surface area contributed by atoms with Crippen LogP contribution in [0.4, 0.5) is 5.69 Å². The maximum Gasteiger partial charge on any atom is 0.323 e. The maximum absolute atomic E-state index is 12.2. The smallest absolute Gasteiger partial charge is 0.323 e. The summed E-state index contributed by atoms with van der Waals surface area (Å²) < 4.78 is 10.6. The van der Waals surface area contributed by atoms with Crippen LogP contribution in [0.3, 0.4) is 0 Å². The van der Waals surface area contributed by atoms with Gasteiger partial charge in [0.25, 0.3) is 0 Å². The van der Waals surface area contributed by atoms with Crippen molar-refractivity contribution >= 4 is 22.6 Å². The number of ether oxygens (including phenoxy) is 2. The van der Waals surface area contributed by atoms with Crippen molar-refractivity contribution in [2.75, 3.05) is 19.5 Å². The molecule has 1 aromatic heterocycles. The Balaban J connectivity index is 1.67. The number of anilines is 1. The second kappa shape index (κ2) is 7.12. The number of methoxy groups -OCH3 is 2. The van der Waals surface area contributed by atoms with E-state index < -0.39 is 0 Å². The van der Waals surface area contributed by atoms with Crippen LogP contribution in [0, 0.1) is 0 Å². The van der Waals surface area contributed by atoms with Crippen LogP contribution in [-0.2, 0) is 11.2 Å². The van der Waals surface area contributed by atoms with Crippen LogP contribution in [0.2, 0.25) is 0 Å². The third-order valence-electron chi connectivity index (χ3n) is 3.91. The number of H-pyrrole nitrogens is 2. The first-order valence-electron chi connectivity index (χ1n) is 7.82. The minimum atomic E-state index is -0.274. The van der Waals surface area contributed by atoms with Gasteiger partial charge in [0.2, 0.25) is 5.91 Å². The largest absolute Gasteiger partial charge is 0.493 e. The van der Waals surface area contributed by atoms with Gasteiger partial charge in [-0.1, -0.05) is 12.1 Å². The lowest BCUT2D eigenvalue weighted by molar-refractivity contribution is -0.116. The molecule has 0 atom stereocenters. The molecule has 3 aromatic rings. The number of aryl methyl sites for hydroxylation is 1. The van der Waals surface area contributed by atoms with E-state index in [2.05, 4.69) is 15.3 Å². The highest BCUT2D eigenvalue weighted by Gasteiger charge is 2.11. The molecule has 0 fully saturated rings. The fraction of sp³-hybridized carbons (Fsp3) is 0.222. The molecule has 130 valence electrons. The highest BCUT2D eigenvalue weighted by Crippen LogP contribution is 2.31. The molecule has 0 aliphatic carbocycles. The topological polar surface area (TPSA) is 96.2 Å². The molecule has 0 radical (unpaired) electrons. The van der Waals surface area contributed by atoms with Gasteiger partial charge in [0.05, 0.1) is 25.3 Å². The van der Waals surface area contributed by atoms with E-state index in [4.69, 9.17) is 9.47 Å². The number of fused-ring (bicyclic) bond motifs is 1. The third-order valence-corrected chi connectivity index (χ3v) is 3.91. The summed E-state index contributed by atoms with van der Waals surface area (Å²) in [5.41, 5.74) is 2.61. The standard InChI is InChI=1S/C18H19N3O4/c1-24-15-5-3-4-11(17(15)25-2)6-9-16(22)19-12-7-8-13-14(10-12)21-18(23)20-13/h3-5,7-8,10H,6,9H2,1-2H3,(H,19,22)(H2,20,21,23). The molecule has 3 rings (SSSR count). The number of benzene rings is 2. The van der Waals surface area contributed by atoms with Crippen LogP contribution in [0.15, 0.2) is 41.2 Å². The van der Waals surface area contributed by atoms with Gasteiger partial charge >= 0.3 is 5.69 Å². The molecule has 0 saturated heterocycles. The first-order valence-corrected chi connectivity index (χ1v) is 7.82. The summed E-state index contributed by atoms with van der Waals surface area (Å²) >= 11 is 0. The molecule has 2 aromatic carbocycles. The summed E-state index contributed by atoms with van der Waals surface area (Å²) in [6.45, 7) is 0. The normalized spacial score (nSPS) is 10.6. The third kappa shape index (κ3) is 3.65. The van der Waals surface area contributed by atoms with E-state index in [-0.39, 0.29) is 11.6 Å². The number of hydrogen-bond acceptors (Lipinski definition) is 4. The Hall–Kier alpha value is -3.22. The fourth-order valence-electron chi connectivity index (χ4n) is 2.73. The van der Waals surface area contributed by atoms with Gasteiger partial charge in [-0.25, -0.2) is 4.79 Å². The van der Waals surface area contributed by atoms with Crippen LogP contribution in [0.25, 0.3) is 11.0 Å². The number of aromatic amines is 2. The van der Waals surface area contributed by atoms with Gasteiger partial charge in [-0.15, -0.1) is 0 Å². The Bertz CT molecular complexity index is 958. The van der Waals surface area contributed by atoms with Crippen molar-refractivity contribution in [2.24, 2.45) is 0 Å². The first kappa shape index (κ1) is 16.6. The molecule has 7 heteroatoms. The zero-order valence-electron chi connectivity index (χ0n) is 14.0. The number of carbonyl (C=O) groups is 1. The number of rotatable bonds is 6. The van der Waals surface area contributed by atoms with Gasteiger partial charge in [0.15, 0.2) is 11.5 Å². The number of nitrogens with one attached hydrogen (secondary N) is 3. The van der Waals surface area contributed by atoms with E-state index in [1.54, 1.807) is 32.4 Å². The molecule has 7 nitrogen and oxygen atoms in total. The van der Waals surface area contributed by atoms with Crippen molar-refractivity contribution in [1.29, 1.82) is 0 Å². The lowest BCUT2D eigenvalue weighted by Crippen LogP contribution is -2.12. The highest BCUT2D eigenvalue weighted by atomic mass is 16.5. The molecule has 3 N–H and O–H groups in total. The van der Waals surface area contributed by atoms with Crippen molar-refractivity contribution in [1.82, 2.24) is 9.97 Å². The summed E-state index contributed by atoms with van der Waals surface area (Å²) in [6, 6.07) is 10.8. The van der Waals surface area contributed by atoms with Crippen LogP contribution in [0.5, 0.6) is 11.5 Å². The van der Waals surface area contributed by atoms with E-state index in [1.165, 1.54) is 0 Å². The van der Waals surface area contributed by atoms with E-state index in [0.29, 0.717) is 41.1 Å². The quantitative estimate of drug-likeness (QED) is 0.641. The molecule has 1 amide bonds. The molecule has 1 heterocycles. The Morgan fingerprint density at radius 1 is 1.08 bits per heavy atom. The fourth-order valence-corrected chi connectivity index (χ4v) is 2.73. The molecule has 0 bridgehead atoms. The Morgan fingerprint density at radius 3 is 2.64 bits per heavy atom. The number of carbonyl (C=O) groups excluding carboxylic acids is 1. The second-order valence-electron chi connectivity index (χ2n) is 5.54. The average Bonchev–Trinajstić information content (AvgIpc) is 2.98. The van der Waals surface area contributed by atoms with Crippen LogP contribution in [0.1, 0.15) is 12.0 Å². The van der Waals surface area contributed by atoms with Crippen LogP contribution < -0.4 is 20.5 Å². The molecule has 0 spiro atoms. The minimum Gasteiger partial charge on any atom is -0.493 e. The lowest BCUT2D eigenvalue weighted by Gasteiger charge is -2.12. The molecular formula is C18H19N3O4. The molecule has 0 saturated carbocycles. The lowest BCUT2D eigenvalue weighted by atomic mass is 10.1. The van der Waals surface area contributed by atoms with Crippen molar-refractivity contribution < 1.29 is 14.3 Å². The van der Waals surface area contributed by atoms with Crippen molar-refractivity contribution in [2.45, 2.75) is 12.8 Å². The number of amides is 1. The number of aromatic nitrogens is 2. The zero-order chi connectivity index (χ0) is 17.8. The highest BCUT2D eigenvalue weighted by molar-refractivity contribution is 5.93. The maximum atomic E-state index is 12.2. The molecule has 0 aliphatic heterocycles. The van der Waals surface area contributed by atoms with Crippen LogP contribution >= 0.6 is 0 Å². The van der Waals surface area contributed by atoms with Gasteiger partial charge in [0.1, 0.15) is 0 Å². The summed E-state index contributed by atoms with van der Waals surface area (Å²) in [5, 5.41) is 2.83.